The molecule has 0 saturated carbocycles. The quantitative estimate of drug-likeness (QED) is 0.687. The third-order valence-electron chi connectivity index (χ3n) is 3.13. The van der Waals surface area contributed by atoms with E-state index in [2.05, 4.69) is 37.2 Å². The van der Waals surface area contributed by atoms with E-state index in [9.17, 15) is 4.39 Å². The highest BCUT2D eigenvalue weighted by atomic mass is 79.9. The standard InChI is InChI=1S/C15H13Br2ClFN/c1-20-15(10-3-5-12(16)14(18)6-10)7-9-2-4-11(19)8-13(9)17/h2-6,8,15,20H,7H2,1H3. The van der Waals surface area contributed by atoms with Crippen LogP contribution in [0.5, 0.6) is 0 Å². The van der Waals surface area contributed by atoms with E-state index in [1.54, 1.807) is 6.07 Å². The summed E-state index contributed by atoms with van der Waals surface area (Å²) < 4.78 is 14.8. The Morgan fingerprint density at radius 3 is 2.50 bits per heavy atom. The predicted octanol–water partition coefficient (Wildman–Crippen LogP) is 5.51. The van der Waals surface area contributed by atoms with E-state index < -0.39 is 0 Å². The van der Waals surface area contributed by atoms with E-state index in [1.807, 2.05) is 25.2 Å². The van der Waals surface area contributed by atoms with E-state index in [4.69, 9.17) is 11.6 Å². The summed E-state index contributed by atoms with van der Waals surface area (Å²) in [7, 11) is 1.90. The first-order valence-corrected chi connectivity index (χ1v) is 8.04. The van der Waals surface area contributed by atoms with Gasteiger partial charge in [-0.1, -0.05) is 39.7 Å². The molecular formula is C15H13Br2ClFN. The third-order valence-corrected chi connectivity index (χ3v) is 5.10. The van der Waals surface area contributed by atoms with E-state index >= 15 is 0 Å². The zero-order chi connectivity index (χ0) is 14.7. The Morgan fingerprint density at radius 1 is 1.15 bits per heavy atom. The second-order valence-corrected chi connectivity index (χ2v) is 6.57. The average Bonchev–Trinajstić information content (AvgIpc) is 2.41. The molecule has 106 valence electrons. The SMILES string of the molecule is CNC(Cc1ccc(F)cc1Br)c1ccc(Br)c(Cl)c1. The highest BCUT2D eigenvalue weighted by molar-refractivity contribution is 9.10. The maximum Gasteiger partial charge on any atom is 0.124 e. The lowest BCUT2D eigenvalue weighted by molar-refractivity contribution is 0.587. The van der Waals surface area contributed by atoms with Crippen molar-refractivity contribution in [1.29, 1.82) is 0 Å². The number of likely N-dealkylation sites (N-methyl/N-ethyl adjacent to an activating group) is 1. The molecule has 0 aliphatic carbocycles. The number of rotatable bonds is 4. The van der Waals surface area contributed by atoms with Crippen LogP contribution in [-0.2, 0) is 6.42 Å². The summed E-state index contributed by atoms with van der Waals surface area (Å²) in [6.07, 6.45) is 0.745. The number of halogens is 4. The lowest BCUT2D eigenvalue weighted by Gasteiger charge is -2.18. The van der Waals surface area contributed by atoms with Crippen molar-refractivity contribution >= 4 is 43.5 Å². The maximum absolute atomic E-state index is 13.1. The normalized spacial score (nSPS) is 12.4. The second-order valence-electron chi connectivity index (χ2n) is 4.45. The summed E-state index contributed by atoms with van der Waals surface area (Å²) in [6, 6.07) is 10.8. The van der Waals surface area contributed by atoms with Gasteiger partial charge < -0.3 is 5.32 Å². The van der Waals surface area contributed by atoms with Gasteiger partial charge in [-0.2, -0.15) is 0 Å². The molecule has 5 heteroatoms. The van der Waals surface area contributed by atoms with E-state index in [0.29, 0.717) is 5.02 Å². The first-order chi connectivity index (χ1) is 9.51. The van der Waals surface area contributed by atoms with Crippen LogP contribution in [0.4, 0.5) is 4.39 Å². The van der Waals surface area contributed by atoms with Crippen molar-refractivity contribution < 1.29 is 4.39 Å². The number of hydrogen-bond acceptors (Lipinski definition) is 1. The van der Waals surface area contributed by atoms with Crippen molar-refractivity contribution in [2.24, 2.45) is 0 Å². The van der Waals surface area contributed by atoms with Crippen LogP contribution in [0.15, 0.2) is 45.3 Å². The molecule has 2 aromatic rings. The van der Waals surface area contributed by atoms with Gasteiger partial charge >= 0.3 is 0 Å². The number of hydrogen-bond donors (Lipinski definition) is 1. The molecule has 0 aliphatic rings. The zero-order valence-corrected chi connectivity index (χ0v) is 14.7. The summed E-state index contributed by atoms with van der Waals surface area (Å²) >= 11 is 12.9. The minimum Gasteiger partial charge on any atom is -0.313 e. The molecule has 1 N–H and O–H groups in total. The Kier molecular flexibility index (Phi) is 5.61. The van der Waals surface area contributed by atoms with E-state index in [0.717, 1.165) is 26.5 Å². The number of benzene rings is 2. The summed E-state index contributed by atoms with van der Waals surface area (Å²) in [5, 5.41) is 3.95. The Labute approximate surface area is 139 Å². The molecular weight excluding hydrogens is 408 g/mol. The summed E-state index contributed by atoms with van der Waals surface area (Å²) in [5.41, 5.74) is 2.14. The molecule has 0 spiro atoms. The number of nitrogens with one attached hydrogen (secondary N) is 1. The monoisotopic (exact) mass is 419 g/mol. The van der Waals surface area contributed by atoms with Crippen LogP contribution in [-0.4, -0.2) is 7.05 Å². The van der Waals surface area contributed by atoms with Crippen molar-refractivity contribution in [3.8, 4) is 0 Å². The Bertz CT molecular complexity index is 619. The van der Waals surface area contributed by atoms with Crippen LogP contribution in [0.2, 0.25) is 5.02 Å². The molecule has 1 atom stereocenters. The molecule has 0 radical (unpaired) electrons. The van der Waals surface area contributed by atoms with Gasteiger partial charge in [-0.3, -0.25) is 0 Å². The van der Waals surface area contributed by atoms with Gasteiger partial charge in [-0.15, -0.1) is 0 Å². The Morgan fingerprint density at radius 2 is 1.90 bits per heavy atom. The first kappa shape index (κ1) is 16.0. The fourth-order valence-corrected chi connectivity index (χ4v) is 2.97. The molecule has 0 bridgehead atoms. The van der Waals surface area contributed by atoms with Crippen molar-refractivity contribution in [3.63, 3.8) is 0 Å². The van der Waals surface area contributed by atoms with Gasteiger partial charge in [0.2, 0.25) is 0 Å². The van der Waals surface area contributed by atoms with Crippen molar-refractivity contribution in [1.82, 2.24) is 5.32 Å². The molecule has 1 nitrogen and oxygen atoms in total. The highest BCUT2D eigenvalue weighted by Crippen LogP contribution is 2.29. The lowest BCUT2D eigenvalue weighted by Crippen LogP contribution is -2.19. The van der Waals surface area contributed by atoms with Crippen LogP contribution in [0.1, 0.15) is 17.2 Å². The van der Waals surface area contributed by atoms with Gasteiger partial charge in [0.15, 0.2) is 0 Å². The van der Waals surface area contributed by atoms with Crippen molar-refractivity contribution in [2.45, 2.75) is 12.5 Å². The molecule has 0 fully saturated rings. The smallest absolute Gasteiger partial charge is 0.124 e. The minimum atomic E-state index is -0.242. The molecule has 0 aromatic heterocycles. The molecule has 2 rings (SSSR count). The highest BCUT2D eigenvalue weighted by Gasteiger charge is 2.13. The molecule has 20 heavy (non-hydrogen) atoms. The van der Waals surface area contributed by atoms with Gasteiger partial charge in [0.25, 0.3) is 0 Å². The maximum atomic E-state index is 13.1. The second kappa shape index (κ2) is 7.03. The Balaban J connectivity index is 2.26. The average molecular weight is 422 g/mol. The molecule has 0 heterocycles. The van der Waals surface area contributed by atoms with Crippen LogP contribution in [0.3, 0.4) is 0 Å². The van der Waals surface area contributed by atoms with Crippen LogP contribution in [0, 0.1) is 5.82 Å². The molecule has 0 aliphatic heterocycles. The van der Waals surface area contributed by atoms with Gasteiger partial charge in [0, 0.05) is 15.0 Å². The van der Waals surface area contributed by atoms with Crippen LogP contribution >= 0.6 is 43.5 Å². The molecule has 0 amide bonds. The topological polar surface area (TPSA) is 12.0 Å². The fourth-order valence-electron chi connectivity index (χ4n) is 2.02. The van der Waals surface area contributed by atoms with Crippen molar-refractivity contribution in [3.05, 3.63) is 67.3 Å². The van der Waals surface area contributed by atoms with Gasteiger partial charge in [0.1, 0.15) is 5.82 Å². The van der Waals surface area contributed by atoms with Crippen LogP contribution in [0.25, 0.3) is 0 Å². The zero-order valence-electron chi connectivity index (χ0n) is 10.8. The summed E-state index contributed by atoms with van der Waals surface area (Å²) in [6.45, 7) is 0. The van der Waals surface area contributed by atoms with Crippen LogP contribution < -0.4 is 5.32 Å². The van der Waals surface area contributed by atoms with Crippen molar-refractivity contribution in [2.75, 3.05) is 7.05 Å². The molecule has 0 saturated heterocycles. The summed E-state index contributed by atoms with van der Waals surface area (Å²) in [4.78, 5) is 0. The van der Waals surface area contributed by atoms with E-state index in [-0.39, 0.29) is 11.9 Å². The van der Waals surface area contributed by atoms with E-state index in [1.165, 1.54) is 12.1 Å². The molecule has 2 aromatic carbocycles. The third kappa shape index (κ3) is 3.82. The Hall–Kier alpha value is -0.420. The largest absolute Gasteiger partial charge is 0.313 e. The minimum absolute atomic E-state index is 0.113. The van der Waals surface area contributed by atoms with Gasteiger partial charge in [0.05, 0.1) is 5.02 Å². The predicted molar refractivity (Wildman–Crippen MR) is 88.8 cm³/mol. The summed E-state index contributed by atoms with van der Waals surface area (Å²) in [5.74, 6) is -0.242. The van der Waals surface area contributed by atoms with Gasteiger partial charge in [-0.05, 0) is 64.8 Å². The first-order valence-electron chi connectivity index (χ1n) is 6.07. The fraction of sp³-hybridized carbons (Fsp3) is 0.200. The van der Waals surface area contributed by atoms with Gasteiger partial charge in [-0.25, -0.2) is 4.39 Å². The molecule has 1 unspecified atom stereocenters. The lowest BCUT2D eigenvalue weighted by atomic mass is 9.99.